The van der Waals surface area contributed by atoms with Crippen LogP contribution in [-0.2, 0) is 17.9 Å². The second-order valence-electron chi connectivity index (χ2n) is 6.91. The van der Waals surface area contributed by atoms with E-state index in [9.17, 15) is 4.79 Å². The first kappa shape index (κ1) is 19.8. The minimum Gasteiger partial charge on any atom is -0.371 e. The molecule has 4 nitrogen and oxygen atoms in total. The van der Waals surface area contributed by atoms with E-state index in [4.69, 9.17) is 16.3 Å². The molecule has 0 saturated carbocycles. The number of hydrogen-bond donors (Lipinski definition) is 2. The molecule has 2 rings (SSSR count). The average molecular weight is 381 g/mol. The zero-order valence-electron chi connectivity index (χ0n) is 15.1. The maximum atomic E-state index is 12.1. The molecule has 1 aromatic heterocycles. The van der Waals surface area contributed by atoms with E-state index < -0.39 is 0 Å². The summed E-state index contributed by atoms with van der Waals surface area (Å²) in [5.41, 5.74) is 1.96. The van der Waals surface area contributed by atoms with E-state index in [1.165, 1.54) is 11.3 Å². The molecule has 1 atom stereocenters. The van der Waals surface area contributed by atoms with Gasteiger partial charge in [0.15, 0.2) is 0 Å². The van der Waals surface area contributed by atoms with E-state index in [0.717, 1.165) is 20.3 Å². The molecule has 136 valence electrons. The van der Waals surface area contributed by atoms with Gasteiger partial charge in [-0.15, -0.1) is 11.3 Å². The van der Waals surface area contributed by atoms with Crippen LogP contribution in [0, 0.1) is 0 Å². The Morgan fingerprint density at radius 3 is 2.60 bits per heavy atom. The quantitative estimate of drug-likeness (QED) is 0.716. The number of ether oxygens (including phenoxy) is 1. The van der Waals surface area contributed by atoms with Crippen LogP contribution in [0.5, 0.6) is 0 Å². The van der Waals surface area contributed by atoms with Crippen molar-refractivity contribution >= 4 is 29.0 Å². The lowest BCUT2D eigenvalue weighted by atomic mass is 10.1. The van der Waals surface area contributed by atoms with Crippen molar-refractivity contribution < 1.29 is 9.53 Å². The Morgan fingerprint density at radius 2 is 1.96 bits per heavy atom. The zero-order valence-corrected chi connectivity index (χ0v) is 16.6. The van der Waals surface area contributed by atoms with Crippen LogP contribution < -0.4 is 10.6 Å². The van der Waals surface area contributed by atoms with Crippen molar-refractivity contribution in [3.63, 3.8) is 0 Å². The van der Waals surface area contributed by atoms with Gasteiger partial charge < -0.3 is 15.4 Å². The molecule has 2 aromatic rings. The van der Waals surface area contributed by atoms with E-state index in [1.807, 2.05) is 58.0 Å². The van der Waals surface area contributed by atoms with Crippen LogP contribution in [0.4, 0.5) is 4.79 Å². The molecule has 0 bridgehead atoms. The lowest BCUT2D eigenvalue weighted by Crippen LogP contribution is -2.36. The SMILES string of the molecule is CC(NC(=O)NCc1cccc(COC(C)(C)C)c1)c1ccc(Cl)s1. The van der Waals surface area contributed by atoms with Crippen molar-refractivity contribution in [1.82, 2.24) is 10.6 Å². The highest BCUT2D eigenvalue weighted by atomic mass is 35.5. The second-order valence-corrected chi connectivity index (χ2v) is 8.66. The summed E-state index contributed by atoms with van der Waals surface area (Å²) in [5.74, 6) is 0. The highest BCUT2D eigenvalue weighted by Crippen LogP contribution is 2.26. The normalized spacial score (nSPS) is 12.7. The molecule has 0 fully saturated rings. The van der Waals surface area contributed by atoms with Crippen LogP contribution >= 0.6 is 22.9 Å². The van der Waals surface area contributed by atoms with Gasteiger partial charge in [-0.3, -0.25) is 0 Å². The maximum Gasteiger partial charge on any atom is 0.315 e. The van der Waals surface area contributed by atoms with Crippen molar-refractivity contribution in [2.24, 2.45) is 0 Å². The van der Waals surface area contributed by atoms with Crippen LogP contribution in [0.15, 0.2) is 36.4 Å². The monoisotopic (exact) mass is 380 g/mol. The Bertz CT molecular complexity index is 709. The van der Waals surface area contributed by atoms with E-state index in [0.29, 0.717) is 13.2 Å². The number of carbonyl (C=O) groups is 1. The topological polar surface area (TPSA) is 50.4 Å². The van der Waals surface area contributed by atoms with Crippen molar-refractivity contribution in [2.75, 3.05) is 0 Å². The predicted molar refractivity (Wildman–Crippen MR) is 104 cm³/mol. The van der Waals surface area contributed by atoms with E-state index in [2.05, 4.69) is 16.7 Å². The number of carbonyl (C=O) groups excluding carboxylic acids is 1. The van der Waals surface area contributed by atoms with Crippen LogP contribution in [0.3, 0.4) is 0 Å². The Hall–Kier alpha value is -1.56. The van der Waals surface area contributed by atoms with Gasteiger partial charge in [-0.1, -0.05) is 35.9 Å². The number of amides is 2. The van der Waals surface area contributed by atoms with Crippen LogP contribution in [0.2, 0.25) is 4.34 Å². The number of nitrogens with one attached hydrogen (secondary N) is 2. The highest BCUT2D eigenvalue weighted by molar-refractivity contribution is 7.16. The Labute approximate surface area is 158 Å². The molecule has 1 aromatic carbocycles. The lowest BCUT2D eigenvalue weighted by molar-refractivity contribution is -0.0149. The summed E-state index contributed by atoms with van der Waals surface area (Å²) in [4.78, 5) is 13.1. The fraction of sp³-hybridized carbons (Fsp3) is 0.421. The summed E-state index contributed by atoms with van der Waals surface area (Å²) in [6, 6.07) is 11.5. The first-order valence-corrected chi connectivity index (χ1v) is 9.44. The molecule has 1 heterocycles. The van der Waals surface area contributed by atoms with Crippen molar-refractivity contribution in [2.45, 2.75) is 52.5 Å². The van der Waals surface area contributed by atoms with Crippen molar-refractivity contribution in [1.29, 1.82) is 0 Å². The fourth-order valence-electron chi connectivity index (χ4n) is 2.19. The van der Waals surface area contributed by atoms with Gasteiger partial charge in [0.25, 0.3) is 0 Å². The number of halogens is 1. The van der Waals surface area contributed by atoms with Crippen LogP contribution in [-0.4, -0.2) is 11.6 Å². The minimum absolute atomic E-state index is 0.0796. The van der Waals surface area contributed by atoms with Gasteiger partial charge in [-0.05, 0) is 51.0 Å². The Morgan fingerprint density at radius 1 is 1.24 bits per heavy atom. The number of hydrogen-bond acceptors (Lipinski definition) is 3. The smallest absolute Gasteiger partial charge is 0.315 e. The molecule has 2 amide bonds. The largest absolute Gasteiger partial charge is 0.371 e. The summed E-state index contributed by atoms with van der Waals surface area (Å²) >= 11 is 7.40. The van der Waals surface area contributed by atoms with Gasteiger partial charge in [0, 0.05) is 11.4 Å². The second kappa shape index (κ2) is 8.70. The number of rotatable bonds is 6. The number of benzene rings is 1. The molecule has 1 unspecified atom stereocenters. The third-order valence-electron chi connectivity index (χ3n) is 3.48. The highest BCUT2D eigenvalue weighted by Gasteiger charge is 2.12. The molecule has 0 radical (unpaired) electrons. The molecule has 2 N–H and O–H groups in total. The first-order chi connectivity index (χ1) is 11.7. The van der Waals surface area contributed by atoms with Crippen LogP contribution in [0.25, 0.3) is 0 Å². The molecule has 0 spiro atoms. The van der Waals surface area contributed by atoms with Gasteiger partial charge in [0.1, 0.15) is 0 Å². The molecule has 0 aliphatic rings. The molecular formula is C19H25ClN2O2S. The predicted octanol–water partition coefficient (Wildman–Crippen LogP) is 5.28. The molecule has 0 saturated heterocycles. The van der Waals surface area contributed by atoms with Crippen molar-refractivity contribution in [3.8, 4) is 0 Å². The van der Waals surface area contributed by atoms with Gasteiger partial charge in [-0.25, -0.2) is 4.79 Å². The van der Waals surface area contributed by atoms with Crippen molar-refractivity contribution in [3.05, 3.63) is 56.7 Å². The Balaban J connectivity index is 1.83. The Kier molecular flexibility index (Phi) is 6.87. The molecule has 0 aliphatic carbocycles. The van der Waals surface area contributed by atoms with Gasteiger partial charge in [-0.2, -0.15) is 0 Å². The summed E-state index contributed by atoms with van der Waals surface area (Å²) in [6.07, 6.45) is 0. The first-order valence-electron chi connectivity index (χ1n) is 8.24. The fourth-order valence-corrected chi connectivity index (χ4v) is 3.25. The van der Waals surface area contributed by atoms with E-state index in [1.54, 1.807) is 0 Å². The standard InChI is InChI=1S/C19H25ClN2O2S/c1-13(16-8-9-17(20)25-16)22-18(23)21-11-14-6-5-7-15(10-14)12-24-19(2,3)4/h5-10,13H,11-12H2,1-4H3,(H2,21,22,23). The average Bonchev–Trinajstić information content (AvgIpc) is 2.97. The zero-order chi connectivity index (χ0) is 18.4. The summed E-state index contributed by atoms with van der Waals surface area (Å²) in [6.45, 7) is 9.05. The van der Waals surface area contributed by atoms with E-state index in [-0.39, 0.29) is 17.7 Å². The summed E-state index contributed by atoms with van der Waals surface area (Å²) < 4.78 is 6.51. The summed E-state index contributed by atoms with van der Waals surface area (Å²) in [7, 11) is 0. The van der Waals surface area contributed by atoms with Gasteiger partial charge in [0.05, 0.1) is 22.6 Å². The maximum absolute atomic E-state index is 12.1. The van der Waals surface area contributed by atoms with Gasteiger partial charge in [0.2, 0.25) is 0 Å². The molecular weight excluding hydrogens is 356 g/mol. The number of urea groups is 1. The molecule has 0 aliphatic heterocycles. The summed E-state index contributed by atoms with van der Waals surface area (Å²) in [5, 5.41) is 5.80. The lowest BCUT2D eigenvalue weighted by Gasteiger charge is -2.19. The van der Waals surface area contributed by atoms with Gasteiger partial charge >= 0.3 is 6.03 Å². The van der Waals surface area contributed by atoms with Crippen LogP contribution in [0.1, 0.15) is 49.7 Å². The minimum atomic E-state index is -0.201. The van der Waals surface area contributed by atoms with E-state index >= 15 is 0 Å². The third-order valence-corrected chi connectivity index (χ3v) is 4.90. The number of thiophene rings is 1. The molecule has 25 heavy (non-hydrogen) atoms. The molecule has 6 heteroatoms. The third kappa shape index (κ3) is 7.06.